The molecule has 4 nitrogen and oxygen atoms in total. The topological polar surface area (TPSA) is 55.6 Å². The maximum atomic E-state index is 12.0. The van der Waals surface area contributed by atoms with E-state index in [0.717, 1.165) is 11.3 Å². The van der Waals surface area contributed by atoms with Crippen molar-refractivity contribution >= 4 is 5.91 Å². The molecule has 0 aliphatic heterocycles. The van der Waals surface area contributed by atoms with Gasteiger partial charge in [0.1, 0.15) is 5.75 Å². The molecule has 0 saturated heterocycles. The summed E-state index contributed by atoms with van der Waals surface area (Å²) in [5.74, 6) is 0.692. The summed E-state index contributed by atoms with van der Waals surface area (Å²) in [5.41, 5.74) is 7.98. The second-order valence-electron chi connectivity index (χ2n) is 6.15. The van der Waals surface area contributed by atoms with Gasteiger partial charge in [-0.05, 0) is 49.1 Å². The molecule has 1 rings (SSSR count). The first-order valence-corrected chi connectivity index (χ1v) is 6.89. The van der Waals surface area contributed by atoms with Gasteiger partial charge in [-0.1, -0.05) is 19.9 Å². The van der Waals surface area contributed by atoms with Crippen LogP contribution in [-0.2, 0) is 4.79 Å². The second-order valence-corrected chi connectivity index (χ2v) is 6.15. The molecular weight excluding hydrogens is 252 g/mol. The monoisotopic (exact) mass is 278 g/mol. The van der Waals surface area contributed by atoms with Crippen molar-refractivity contribution in [3.63, 3.8) is 0 Å². The van der Waals surface area contributed by atoms with E-state index in [0.29, 0.717) is 13.1 Å². The lowest BCUT2D eigenvalue weighted by atomic mass is 9.93. The minimum Gasteiger partial charge on any atom is -0.484 e. The molecule has 4 heteroatoms. The lowest BCUT2D eigenvalue weighted by Crippen LogP contribution is -2.41. The molecular formula is C16H26N2O2. The third kappa shape index (κ3) is 4.85. The van der Waals surface area contributed by atoms with Crippen LogP contribution in [-0.4, -0.2) is 37.6 Å². The molecule has 0 atom stereocenters. The van der Waals surface area contributed by atoms with Gasteiger partial charge in [-0.15, -0.1) is 0 Å². The zero-order valence-electron chi connectivity index (χ0n) is 13.2. The maximum absolute atomic E-state index is 12.0. The Morgan fingerprint density at radius 1 is 1.30 bits per heavy atom. The van der Waals surface area contributed by atoms with Crippen LogP contribution in [0.4, 0.5) is 0 Å². The predicted octanol–water partition coefficient (Wildman–Crippen LogP) is 2.13. The molecule has 0 heterocycles. The number of amides is 1. The summed E-state index contributed by atoms with van der Waals surface area (Å²) >= 11 is 0. The number of carbonyl (C=O) groups excluding carboxylic acids is 1. The molecule has 0 aliphatic carbocycles. The van der Waals surface area contributed by atoms with Crippen molar-refractivity contribution in [2.75, 3.05) is 26.7 Å². The average Bonchev–Trinajstić information content (AvgIpc) is 2.39. The number of nitrogens with zero attached hydrogens (tertiary/aromatic N) is 1. The van der Waals surface area contributed by atoms with Crippen molar-refractivity contribution in [2.24, 2.45) is 11.1 Å². The average molecular weight is 278 g/mol. The van der Waals surface area contributed by atoms with Crippen LogP contribution in [0, 0.1) is 19.3 Å². The van der Waals surface area contributed by atoms with Crippen molar-refractivity contribution in [3.05, 3.63) is 29.3 Å². The Labute approximate surface area is 121 Å². The number of nitrogens with two attached hydrogens (primary N) is 1. The number of rotatable bonds is 6. The summed E-state index contributed by atoms with van der Waals surface area (Å²) in [6.07, 6.45) is 0. The summed E-state index contributed by atoms with van der Waals surface area (Å²) < 4.78 is 5.55. The largest absolute Gasteiger partial charge is 0.484 e. The van der Waals surface area contributed by atoms with Crippen molar-refractivity contribution in [1.82, 2.24) is 4.90 Å². The SMILES string of the molecule is Cc1ccc(OCC(=O)N(C)CC(C)(C)CN)cc1C. The molecule has 2 N–H and O–H groups in total. The first-order chi connectivity index (χ1) is 9.25. The Balaban J connectivity index is 2.52. The Morgan fingerprint density at radius 3 is 2.50 bits per heavy atom. The van der Waals surface area contributed by atoms with Crippen molar-refractivity contribution < 1.29 is 9.53 Å². The van der Waals surface area contributed by atoms with Gasteiger partial charge in [0.2, 0.25) is 0 Å². The summed E-state index contributed by atoms with van der Waals surface area (Å²) in [7, 11) is 1.78. The van der Waals surface area contributed by atoms with E-state index < -0.39 is 0 Å². The van der Waals surface area contributed by atoms with Gasteiger partial charge in [0.25, 0.3) is 5.91 Å². The van der Waals surface area contributed by atoms with Gasteiger partial charge < -0.3 is 15.4 Å². The van der Waals surface area contributed by atoms with E-state index in [4.69, 9.17) is 10.5 Å². The maximum Gasteiger partial charge on any atom is 0.260 e. The van der Waals surface area contributed by atoms with E-state index in [2.05, 4.69) is 0 Å². The van der Waals surface area contributed by atoms with E-state index in [1.165, 1.54) is 5.56 Å². The fourth-order valence-corrected chi connectivity index (χ4v) is 1.85. The van der Waals surface area contributed by atoms with Crippen LogP contribution in [0.3, 0.4) is 0 Å². The number of likely N-dealkylation sites (N-methyl/N-ethyl adjacent to an activating group) is 1. The third-order valence-electron chi connectivity index (χ3n) is 3.48. The highest BCUT2D eigenvalue weighted by atomic mass is 16.5. The molecule has 0 aliphatic rings. The fourth-order valence-electron chi connectivity index (χ4n) is 1.85. The van der Waals surface area contributed by atoms with Gasteiger partial charge in [0, 0.05) is 13.6 Å². The normalized spacial score (nSPS) is 11.3. The van der Waals surface area contributed by atoms with Crippen LogP contribution in [0.15, 0.2) is 18.2 Å². The van der Waals surface area contributed by atoms with Crippen LogP contribution in [0.5, 0.6) is 5.75 Å². The van der Waals surface area contributed by atoms with E-state index in [1.807, 2.05) is 45.9 Å². The fraction of sp³-hybridized carbons (Fsp3) is 0.562. The Kier molecular flexibility index (Phi) is 5.57. The standard InChI is InChI=1S/C16H26N2O2/c1-12-6-7-14(8-13(12)2)20-9-15(19)18(5)11-16(3,4)10-17/h6-8H,9-11,17H2,1-5H3. The minimum absolute atomic E-state index is 0.0373. The van der Waals surface area contributed by atoms with Crippen LogP contribution in [0.1, 0.15) is 25.0 Å². The van der Waals surface area contributed by atoms with Crippen molar-refractivity contribution in [3.8, 4) is 5.75 Å². The first kappa shape index (κ1) is 16.5. The molecule has 0 fully saturated rings. The number of benzene rings is 1. The van der Waals surface area contributed by atoms with Crippen LogP contribution in [0.25, 0.3) is 0 Å². The molecule has 0 aromatic heterocycles. The summed E-state index contributed by atoms with van der Waals surface area (Å²) in [6, 6.07) is 5.84. The second kappa shape index (κ2) is 6.75. The first-order valence-electron chi connectivity index (χ1n) is 6.89. The Hall–Kier alpha value is -1.55. The third-order valence-corrected chi connectivity index (χ3v) is 3.48. The summed E-state index contributed by atoms with van der Waals surface area (Å²) in [4.78, 5) is 13.7. The van der Waals surface area contributed by atoms with Gasteiger partial charge in [0.05, 0.1) is 0 Å². The van der Waals surface area contributed by atoms with Gasteiger partial charge >= 0.3 is 0 Å². The number of hydrogen-bond acceptors (Lipinski definition) is 3. The Bertz CT molecular complexity index is 470. The van der Waals surface area contributed by atoms with Crippen molar-refractivity contribution in [1.29, 1.82) is 0 Å². The number of hydrogen-bond donors (Lipinski definition) is 1. The zero-order chi connectivity index (χ0) is 15.3. The van der Waals surface area contributed by atoms with Gasteiger partial charge in [-0.2, -0.15) is 0 Å². The highest BCUT2D eigenvalue weighted by molar-refractivity contribution is 5.77. The molecule has 0 bridgehead atoms. The summed E-state index contributed by atoms with van der Waals surface area (Å²) in [5, 5.41) is 0. The summed E-state index contributed by atoms with van der Waals surface area (Å²) in [6.45, 7) is 9.38. The lowest BCUT2D eigenvalue weighted by molar-refractivity contribution is -0.133. The van der Waals surface area contributed by atoms with Crippen LogP contribution < -0.4 is 10.5 Å². The van der Waals surface area contributed by atoms with E-state index >= 15 is 0 Å². The highest BCUT2D eigenvalue weighted by Gasteiger charge is 2.21. The van der Waals surface area contributed by atoms with Crippen LogP contribution in [0.2, 0.25) is 0 Å². The highest BCUT2D eigenvalue weighted by Crippen LogP contribution is 2.17. The molecule has 1 aromatic carbocycles. The molecule has 0 radical (unpaired) electrons. The van der Waals surface area contributed by atoms with Crippen LogP contribution >= 0.6 is 0 Å². The number of aryl methyl sites for hydroxylation is 2. The van der Waals surface area contributed by atoms with Gasteiger partial charge in [0.15, 0.2) is 6.61 Å². The molecule has 20 heavy (non-hydrogen) atoms. The molecule has 0 unspecified atom stereocenters. The van der Waals surface area contributed by atoms with Crippen molar-refractivity contribution in [2.45, 2.75) is 27.7 Å². The minimum atomic E-state index is -0.0785. The lowest BCUT2D eigenvalue weighted by Gasteiger charge is -2.29. The quantitative estimate of drug-likeness (QED) is 0.867. The zero-order valence-corrected chi connectivity index (χ0v) is 13.2. The molecule has 0 saturated carbocycles. The van der Waals surface area contributed by atoms with E-state index in [-0.39, 0.29) is 17.9 Å². The van der Waals surface area contributed by atoms with Gasteiger partial charge in [-0.25, -0.2) is 0 Å². The molecule has 1 aromatic rings. The van der Waals surface area contributed by atoms with Gasteiger partial charge in [-0.3, -0.25) is 4.79 Å². The van der Waals surface area contributed by atoms with E-state index in [1.54, 1.807) is 11.9 Å². The molecule has 112 valence electrons. The Morgan fingerprint density at radius 2 is 1.95 bits per heavy atom. The smallest absolute Gasteiger partial charge is 0.260 e. The molecule has 1 amide bonds. The van der Waals surface area contributed by atoms with E-state index in [9.17, 15) is 4.79 Å². The molecule has 0 spiro atoms. The number of carbonyl (C=O) groups is 1. The number of ether oxygens (including phenoxy) is 1. The predicted molar refractivity (Wildman–Crippen MR) is 81.9 cm³/mol.